The first-order valence-corrected chi connectivity index (χ1v) is 14.0. The first-order chi connectivity index (χ1) is 19.2. The molecule has 0 aliphatic rings. The van der Waals surface area contributed by atoms with E-state index in [9.17, 15) is 25.5 Å². The lowest BCUT2D eigenvalue weighted by molar-refractivity contribution is 0.272. The molecule has 0 saturated carbocycles. The van der Waals surface area contributed by atoms with Crippen LogP contribution < -0.4 is 0 Å². The standard InChI is InChI=1S/C19H24O3.C17H20O2/c1-13-11-15(5-7-17(13)21)19(3,9-4-10-20)16-6-8-18(22)14(2)12-16;1-11-9-13(5-7-15(11)18)17(3,4)14-6-8-16(19)12(2)10-14/h5-8,11-12,20-22H,4,9-10H2,1-3H3;5-10,18-19H,1-4H3. The Morgan fingerprint density at radius 1 is 0.488 bits per heavy atom. The first kappa shape index (κ1) is 31.6. The molecule has 0 aliphatic carbocycles. The normalized spacial score (nSPS) is 11.6. The number of phenolic OH excluding ortho intramolecular Hbond substituents is 4. The lowest BCUT2D eigenvalue weighted by atomic mass is 9.72. The SMILES string of the molecule is Cc1cc(C(C)(C)c2ccc(O)c(C)c2)ccc1O.Cc1cc(C(C)(CCCO)c2ccc(O)c(C)c2)ccc1O. The number of rotatable bonds is 7. The summed E-state index contributed by atoms with van der Waals surface area (Å²) in [4.78, 5) is 0. The van der Waals surface area contributed by atoms with Gasteiger partial charge in [0.05, 0.1) is 0 Å². The largest absolute Gasteiger partial charge is 0.508 e. The van der Waals surface area contributed by atoms with Crippen LogP contribution in [0.15, 0.2) is 72.8 Å². The average Bonchev–Trinajstić information content (AvgIpc) is 2.93. The molecular weight excluding hydrogens is 512 g/mol. The molecule has 4 aromatic rings. The van der Waals surface area contributed by atoms with Crippen LogP contribution in [-0.2, 0) is 10.8 Å². The molecular formula is C36H44O5. The number of aliphatic hydroxyl groups is 1. The van der Waals surface area contributed by atoms with Gasteiger partial charge in [-0.3, -0.25) is 0 Å². The molecule has 0 bridgehead atoms. The Labute approximate surface area is 244 Å². The zero-order valence-electron chi connectivity index (χ0n) is 25.3. The zero-order valence-corrected chi connectivity index (χ0v) is 25.3. The molecule has 0 fully saturated rings. The molecule has 0 aromatic heterocycles. The Kier molecular flexibility index (Phi) is 9.77. The second-order valence-corrected chi connectivity index (χ2v) is 11.8. The number of aryl methyl sites for hydroxylation is 4. The minimum absolute atomic E-state index is 0.143. The maximum Gasteiger partial charge on any atom is 0.118 e. The second kappa shape index (κ2) is 12.7. The third kappa shape index (κ3) is 7.04. The van der Waals surface area contributed by atoms with Crippen LogP contribution in [-0.4, -0.2) is 32.1 Å². The fourth-order valence-electron chi connectivity index (χ4n) is 5.14. The summed E-state index contributed by atoms with van der Waals surface area (Å²) in [6.07, 6.45) is 1.48. The molecule has 0 atom stereocenters. The van der Waals surface area contributed by atoms with Crippen LogP contribution in [0.25, 0.3) is 0 Å². The minimum atomic E-state index is -0.278. The quantitative estimate of drug-likeness (QED) is 0.160. The van der Waals surface area contributed by atoms with Crippen molar-refractivity contribution in [3.8, 4) is 23.0 Å². The smallest absolute Gasteiger partial charge is 0.118 e. The van der Waals surface area contributed by atoms with Gasteiger partial charge in [0.25, 0.3) is 0 Å². The van der Waals surface area contributed by atoms with Gasteiger partial charge in [0.2, 0.25) is 0 Å². The Hall–Kier alpha value is -3.96. The van der Waals surface area contributed by atoms with Gasteiger partial charge in [-0.1, -0.05) is 69.3 Å². The summed E-state index contributed by atoms with van der Waals surface area (Å²) in [6, 6.07) is 22.7. The van der Waals surface area contributed by atoms with Crippen LogP contribution in [0.4, 0.5) is 0 Å². The van der Waals surface area contributed by atoms with Gasteiger partial charge in [0.15, 0.2) is 0 Å². The van der Waals surface area contributed by atoms with Crippen molar-refractivity contribution >= 4 is 0 Å². The number of phenols is 4. The van der Waals surface area contributed by atoms with Crippen molar-refractivity contribution in [1.29, 1.82) is 0 Å². The lowest BCUT2D eigenvalue weighted by Crippen LogP contribution is -2.24. The average molecular weight is 557 g/mol. The van der Waals surface area contributed by atoms with Crippen LogP contribution in [0.2, 0.25) is 0 Å². The highest BCUT2D eigenvalue weighted by Crippen LogP contribution is 2.39. The number of hydrogen-bond donors (Lipinski definition) is 5. The van der Waals surface area contributed by atoms with E-state index in [1.165, 1.54) is 0 Å². The molecule has 0 spiro atoms. The zero-order chi connectivity index (χ0) is 30.5. The van der Waals surface area contributed by atoms with E-state index in [4.69, 9.17) is 0 Å². The van der Waals surface area contributed by atoms with E-state index in [0.29, 0.717) is 17.9 Å². The van der Waals surface area contributed by atoms with Crippen molar-refractivity contribution < 1.29 is 25.5 Å². The van der Waals surface area contributed by atoms with E-state index < -0.39 is 0 Å². The topological polar surface area (TPSA) is 101 Å². The summed E-state index contributed by atoms with van der Waals surface area (Å²) >= 11 is 0. The lowest BCUT2D eigenvalue weighted by Gasteiger charge is -2.32. The highest BCUT2D eigenvalue weighted by molar-refractivity contribution is 5.48. The van der Waals surface area contributed by atoms with Crippen molar-refractivity contribution in [2.75, 3.05) is 6.61 Å². The van der Waals surface area contributed by atoms with E-state index in [0.717, 1.165) is 50.9 Å². The maximum absolute atomic E-state index is 9.76. The summed E-state index contributed by atoms with van der Waals surface area (Å²) in [5.74, 6) is 1.22. The van der Waals surface area contributed by atoms with Gasteiger partial charge in [0, 0.05) is 17.4 Å². The molecule has 0 radical (unpaired) electrons. The Bertz CT molecular complexity index is 1400. The summed E-state index contributed by atoms with van der Waals surface area (Å²) in [5, 5.41) is 48.0. The summed E-state index contributed by atoms with van der Waals surface area (Å²) in [6.45, 7) is 14.1. The van der Waals surface area contributed by atoms with Gasteiger partial charge in [-0.2, -0.15) is 0 Å². The molecule has 5 N–H and O–H groups in total. The molecule has 41 heavy (non-hydrogen) atoms. The molecule has 4 aromatic carbocycles. The van der Waals surface area contributed by atoms with Crippen LogP contribution >= 0.6 is 0 Å². The highest BCUT2D eigenvalue weighted by Gasteiger charge is 2.29. The van der Waals surface area contributed by atoms with Crippen LogP contribution in [0.3, 0.4) is 0 Å². The van der Waals surface area contributed by atoms with E-state index in [-0.39, 0.29) is 28.9 Å². The predicted octanol–water partition coefficient (Wildman–Crippen LogP) is 7.83. The summed E-state index contributed by atoms with van der Waals surface area (Å²) in [7, 11) is 0. The van der Waals surface area contributed by atoms with Crippen molar-refractivity contribution in [2.24, 2.45) is 0 Å². The second-order valence-electron chi connectivity index (χ2n) is 11.8. The van der Waals surface area contributed by atoms with E-state index in [1.54, 1.807) is 24.3 Å². The fourth-order valence-corrected chi connectivity index (χ4v) is 5.14. The van der Waals surface area contributed by atoms with E-state index >= 15 is 0 Å². The number of aliphatic hydroxyl groups excluding tert-OH is 1. The fraction of sp³-hybridized carbons (Fsp3) is 0.333. The molecule has 0 saturated heterocycles. The Morgan fingerprint density at radius 2 is 0.780 bits per heavy atom. The third-order valence-corrected chi connectivity index (χ3v) is 8.34. The molecule has 0 aliphatic heterocycles. The third-order valence-electron chi connectivity index (χ3n) is 8.34. The summed E-state index contributed by atoms with van der Waals surface area (Å²) < 4.78 is 0. The Morgan fingerprint density at radius 3 is 1.07 bits per heavy atom. The Balaban J connectivity index is 0.000000228. The maximum atomic E-state index is 9.76. The summed E-state index contributed by atoms with van der Waals surface area (Å²) in [5.41, 5.74) is 7.47. The van der Waals surface area contributed by atoms with Crippen LogP contribution in [0.1, 0.15) is 78.1 Å². The van der Waals surface area contributed by atoms with Gasteiger partial charge in [-0.15, -0.1) is 0 Å². The first-order valence-electron chi connectivity index (χ1n) is 14.0. The minimum Gasteiger partial charge on any atom is -0.508 e. The van der Waals surface area contributed by atoms with E-state index in [1.807, 2.05) is 76.2 Å². The number of benzene rings is 4. The molecule has 218 valence electrons. The van der Waals surface area contributed by atoms with Gasteiger partial charge < -0.3 is 25.5 Å². The van der Waals surface area contributed by atoms with Crippen molar-refractivity contribution in [3.63, 3.8) is 0 Å². The van der Waals surface area contributed by atoms with Crippen molar-refractivity contribution in [2.45, 2.75) is 72.1 Å². The molecule has 5 heteroatoms. The molecule has 5 nitrogen and oxygen atoms in total. The van der Waals surface area contributed by atoms with Crippen LogP contribution in [0.5, 0.6) is 23.0 Å². The monoisotopic (exact) mass is 556 g/mol. The molecule has 0 heterocycles. The number of aromatic hydroxyl groups is 4. The van der Waals surface area contributed by atoms with Gasteiger partial charge in [-0.25, -0.2) is 0 Å². The van der Waals surface area contributed by atoms with E-state index in [2.05, 4.69) is 20.8 Å². The van der Waals surface area contributed by atoms with Gasteiger partial charge in [0.1, 0.15) is 23.0 Å². The molecule has 0 unspecified atom stereocenters. The molecule has 4 rings (SSSR count). The molecule has 0 amide bonds. The van der Waals surface area contributed by atoms with Gasteiger partial charge in [-0.05, 0) is 109 Å². The van der Waals surface area contributed by atoms with Crippen molar-refractivity contribution in [1.82, 2.24) is 0 Å². The van der Waals surface area contributed by atoms with Crippen molar-refractivity contribution in [3.05, 3.63) is 117 Å². The highest BCUT2D eigenvalue weighted by atomic mass is 16.3. The van der Waals surface area contributed by atoms with Crippen LogP contribution in [0, 0.1) is 27.7 Å². The van der Waals surface area contributed by atoms with Gasteiger partial charge >= 0.3 is 0 Å². The number of hydrogen-bond acceptors (Lipinski definition) is 5. The predicted molar refractivity (Wildman–Crippen MR) is 166 cm³/mol.